The monoisotopic (exact) mass is 153 g/mol. The SMILES string of the molecule is C=C(C)CC(=C)N(C)C(C)C. The van der Waals surface area contributed by atoms with Crippen LogP contribution in [0, 0.1) is 0 Å². The van der Waals surface area contributed by atoms with Crippen LogP contribution in [0.25, 0.3) is 0 Å². The molecule has 0 N–H and O–H groups in total. The minimum absolute atomic E-state index is 0.529. The molecule has 0 aliphatic heterocycles. The fourth-order valence-corrected chi connectivity index (χ4v) is 0.838. The summed E-state index contributed by atoms with van der Waals surface area (Å²) in [7, 11) is 2.07. The highest BCUT2D eigenvalue weighted by molar-refractivity contribution is 5.06. The summed E-state index contributed by atoms with van der Waals surface area (Å²) in [4.78, 5) is 2.18. The van der Waals surface area contributed by atoms with Crippen molar-refractivity contribution in [2.24, 2.45) is 0 Å². The van der Waals surface area contributed by atoms with Gasteiger partial charge in [-0.25, -0.2) is 0 Å². The maximum Gasteiger partial charge on any atom is 0.0227 e. The smallest absolute Gasteiger partial charge is 0.0227 e. The van der Waals surface area contributed by atoms with Gasteiger partial charge in [-0.05, 0) is 20.8 Å². The fourth-order valence-electron chi connectivity index (χ4n) is 0.838. The van der Waals surface area contributed by atoms with Crippen LogP contribution in [0.2, 0.25) is 0 Å². The summed E-state index contributed by atoms with van der Waals surface area (Å²) < 4.78 is 0. The number of hydrogen-bond acceptors (Lipinski definition) is 1. The summed E-state index contributed by atoms with van der Waals surface area (Å²) in [5.41, 5.74) is 2.31. The third kappa shape index (κ3) is 3.87. The summed E-state index contributed by atoms with van der Waals surface area (Å²) in [6, 6.07) is 0.529. The average molecular weight is 153 g/mol. The Morgan fingerprint density at radius 1 is 1.36 bits per heavy atom. The lowest BCUT2D eigenvalue weighted by atomic mass is 10.2. The van der Waals surface area contributed by atoms with Gasteiger partial charge in [0.15, 0.2) is 0 Å². The molecule has 0 heterocycles. The van der Waals surface area contributed by atoms with Crippen molar-refractivity contribution in [2.75, 3.05) is 7.05 Å². The number of allylic oxidation sites excluding steroid dienone is 1. The Bertz CT molecular complexity index is 156. The minimum atomic E-state index is 0.529. The molecule has 1 heteroatoms. The molecule has 0 bridgehead atoms. The maximum atomic E-state index is 3.98. The summed E-state index contributed by atoms with van der Waals surface area (Å²) in [5.74, 6) is 0. The van der Waals surface area contributed by atoms with Gasteiger partial charge in [0, 0.05) is 25.2 Å². The van der Waals surface area contributed by atoms with Gasteiger partial charge in [-0.2, -0.15) is 0 Å². The zero-order valence-corrected chi connectivity index (χ0v) is 8.15. The van der Waals surface area contributed by atoms with E-state index in [1.165, 1.54) is 5.57 Å². The molecule has 0 saturated heterocycles. The quantitative estimate of drug-likeness (QED) is 0.561. The highest BCUT2D eigenvalue weighted by Gasteiger charge is 2.04. The van der Waals surface area contributed by atoms with Crippen molar-refractivity contribution in [3.8, 4) is 0 Å². The predicted octanol–water partition coefficient (Wildman–Crippen LogP) is 2.81. The van der Waals surface area contributed by atoms with Crippen molar-refractivity contribution in [1.29, 1.82) is 0 Å². The Hall–Kier alpha value is -0.720. The number of hydrogen-bond donors (Lipinski definition) is 0. The molecular formula is C10H19N. The van der Waals surface area contributed by atoms with E-state index in [0.29, 0.717) is 6.04 Å². The van der Waals surface area contributed by atoms with Crippen molar-refractivity contribution in [3.05, 3.63) is 24.4 Å². The second-order valence-corrected chi connectivity index (χ2v) is 3.40. The average Bonchev–Trinajstić information content (AvgIpc) is 1.84. The molecule has 0 radical (unpaired) electrons. The first kappa shape index (κ1) is 10.3. The Kier molecular flexibility index (Phi) is 3.94. The highest BCUT2D eigenvalue weighted by atomic mass is 15.1. The van der Waals surface area contributed by atoms with Gasteiger partial charge >= 0.3 is 0 Å². The van der Waals surface area contributed by atoms with Crippen molar-refractivity contribution >= 4 is 0 Å². The number of nitrogens with zero attached hydrogens (tertiary/aromatic N) is 1. The zero-order valence-electron chi connectivity index (χ0n) is 8.15. The molecule has 0 atom stereocenters. The third-order valence-corrected chi connectivity index (χ3v) is 1.78. The fraction of sp³-hybridized carbons (Fsp3) is 0.600. The van der Waals surface area contributed by atoms with Crippen LogP contribution in [0.15, 0.2) is 24.4 Å². The molecule has 0 rings (SSSR count). The van der Waals surface area contributed by atoms with Crippen LogP contribution in [0.4, 0.5) is 0 Å². The Balaban J connectivity index is 3.93. The van der Waals surface area contributed by atoms with Gasteiger partial charge in [0.1, 0.15) is 0 Å². The second kappa shape index (κ2) is 4.22. The third-order valence-electron chi connectivity index (χ3n) is 1.78. The summed E-state index contributed by atoms with van der Waals surface area (Å²) >= 11 is 0. The predicted molar refractivity (Wildman–Crippen MR) is 51.5 cm³/mol. The van der Waals surface area contributed by atoms with Crippen molar-refractivity contribution < 1.29 is 0 Å². The standard InChI is InChI=1S/C10H19N/c1-8(2)7-10(5)11(6)9(3)4/h9H,1,5,7H2,2-4,6H3. The van der Waals surface area contributed by atoms with Crippen LogP contribution in [0.3, 0.4) is 0 Å². The van der Waals surface area contributed by atoms with Crippen LogP contribution in [0.5, 0.6) is 0 Å². The first-order valence-corrected chi connectivity index (χ1v) is 4.00. The van der Waals surface area contributed by atoms with Crippen molar-refractivity contribution in [2.45, 2.75) is 33.2 Å². The molecule has 0 aromatic rings. The lowest BCUT2D eigenvalue weighted by Gasteiger charge is -2.25. The molecule has 0 saturated carbocycles. The normalized spacial score (nSPS) is 9.91. The van der Waals surface area contributed by atoms with Gasteiger partial charge in [-0.15, -0.1) is 0 Å². The molecular weight excluding hydrogens is 134 g/mol. The molecule has 11 heavy (non-hydrogen) atoms. The van der Waals surface area contributed by atoms with Crippen LogP contribution in [0.1, 0.15) is 27.2 Å². The molecule has 0 unspecified atom stereocenters. The lowest BCUT2D eigenvalue weighted by molar-refractivity contribution is 0.338. The highest BCUT2D eigenvalue weighted by Crippen LogP contribution is 2.12. The van der Waals surface area contributed by atoms with Crippen LogP contribution in [-0.4, -0.2) is 18.0 Å². The number of rotatable bonds is 4. The van der Waals surface area contributed by atoms with E-state index in [4.69, 9.17) is 0 Å². The summed E-state index contributed by atoms with van der Waals surface area (Å²) in [6.45, 7) is 14.2. The van der Waals surface area contributed by atoms with Gasteiger partial charge in [0.25, 0.3) is 0 Å². The van der Waals surface area contributed by atoms with E-state index >= 15 is 0 Å². The molecule has 1 nitrogen and oxygen atoms in total. The van der Waals surface area contributed by atoms with Gasteiger partial charge < -0.3 is 4.90 Å². The molecule has 0 aromatic heterocycles. The Labute approximate surface area is 70.4 Å². The largest absolute Gasteiger partial charge is 0.376 e. The molecule has 64 valence electrons. The molecule has 0 amide bonds. The van der Waals surface area contributed by atoms with Crippen LogP contribution in [-0.2, 0) is 0 Å². The first-order chi connectivity index (χ1) is 4.95. The van der Waals surface area contributed by atoms with E-state index in [2.05, 4.69) is 39.0 Å². The zero-order chi connectivity index (χ0) is 9.02. The second-order valence-electron chi connectivity index (χ2n) is 3.40. The van der Waals surface area contributed by atoms with Gasteiger partial charge in [-0.3, -0.25) is 0 Å². The maximum absolute atomic E-state index is 3.98. The van der Waals surface area contributed by atoms with Crippen molar-refractivity contribution in [1.82, 2.24) is 4.90 Å². The molecule has 0 aromatic carbocycles. The summed E-state index contributed by atoms with van der Waals surface area (Å²) in [5, 5.41) is 0. The Morgan fingerprint density at radius 2 is 1.82 bits per heavy atom. The van der Waals surface area contributed by atoms with E-state index in [9.17, 15) is 0 Å². The first-order valence-electron chi connectivity index (χ1n) is 4.00. The van der Waals surface area contributed by atoms with Gasteiger partial charge in [0.2, 0.25) is 0 Å². The van der Waals surface area contributed by atoms with E-state index < -0.39 is 0 Å². The van der Waals surface area contributed by atoms with Gasteiger partial charge in [0.05, 0.1) is 0 Å². The van der Waals surface area contributed by atoms with E-state index in [1.54, 1.807) is 0 Å². The van der Waals surface area contributed by atoms with E-state index in [1.807, 2.05) is 6.92 Å². The van der Waals surface area contributed by atoms with Crippen molar-refractivity contribution in [3.63, 3.8) is 0 Å². The molecule has 0 spiro atoms. The lowest BCUT2D eigenvalue weighted by Crippen LogP contribution is -2.25. The topological polar surface area (TPSA) is 3.24 Å². The van der Waals surface area contributed by atoms with Crippen LogP contribution >= 0.6 is 0 Å². The Morgan fingerprint density at radius 3 is 2.09 bits per heavy atom. The molecule has 0 fully saturated rings. The van der Waals surface area contributed by atoms with E-state index in [0.717, 1.165) is 12.1 Å². The summed E-state index contributed by atoms with van der Waals surface area (Å²) in [6.07, 6.45) is 0.911. The van der Waals surface area contributed by atoms with Crippen LogP contribution < -0.4 is 0 Å². The minimum Gasteiger partial charge on any atom is -0.376 e. The van der Waals surface area contributed by atoms with E-state index in [-0.39, 0.29) is 0 Å². The molecule has 0 aliphatic carbocycles. The van der Waals surface area contributed by atoms with Gasteiger partial charge in [-0.1, -0.05) is 18.7 Å². The molecule has 0 aliphatic rings.